The lowest BCUT2D eigenvalue weighted by molar-refractivity contribution is 0.0218. The second-order valence-electron chi connectivity index (χ2n) is 9.10. The minimum absolute atomic E-state index is 0.0856. The minimum Gasteiger partial charge on any atom is -0.465 e. The number of amides is 1. The van der Waals surface area contributed by atoms with Crippen LogP contribution in [0.4, 0.5) is 10.6 Å². The molecule has 1 atom stereocenters. The first kappa shape index (κ1) is 23.7. The zero-order valence-electron chi connectivity index (χ0n) is 19.8. The molecule has 180 valence electrons. The van der Waals surface area contributed by atoms with Crippen LogP contribution in [0.15, 0.2) is 30.9 Å². The molecule has 34 heavy (non-hydrogen) atoms. The van der Waals surface area contributed by atoms with Gasteiger partial charge in [-0.05, 0) is 33.8 Å². The van der Waals surface area contributed by atoms with Crippen LogP contribution in [0, 0.1) is 0 Å². The number of fused-ring (bicyclic) bond motifs is 1. The van der Waals surface area contributed by atoms with Crippen molar-refractivity contribution in [1.29, 1.82) is 0 Å². The molecule has 1 unspecified atom stereocenters. The summed E-state index contributed by atoms with van der Waals surface area (Å²) in [5.41, 5.74) is 0.252. The fourth-order valence-electron chi connectivity index (χ4n) is 3.99. The highest BCUT2D eigenvalue weighted by Gasteiger charge is 2.33. The van der Waals surface area contributed by atoms with Gasteiger partial charge in [-0.15, -0.1) is 0 Å². The van der Waals surface area contributed by atoms with E-state index < -0.39 is 11.6 Å². The number of carbonyl (C=O) groups is 2. The summed E-state index contributed by atoms with van der Waals surface area (Å²) in [5.74, 6) is 0.587. The number of esters is 1. The maximum absolute atomic E-state index is 12.7. The van der Waals surface area contributed by atoms with Crippen molar-refractivity contribution in [3.8, 4) is 5.82 Å². The van der Waals surface area contributed by atoms with Crippen molar-refractivity contribution < 1.29 is 19.1 Å². The lowest BCUT2D eigenvalue weighted by Crippen LogP contribution is -2.54. The summed E-state index contributed by atoms with van der Waals surface area (Å²) in [5, 5.41) is 1.06. The van der Waals surface area contributed by atoms with E-state index in [4.69, 9.17) is 21.1 Å². The Morgan fingerprint density at radius 2 is 1.94 bits per heavy atom. The highest BCUT2D eigenvalue weighted by molar-refractivity contribution is 6.30. The predicted octanol–water partition coefficient (Wildman–Crippen LogP) is 3.70. The quantitative estimate of drug-likeness (QED) is 0.516. The topological polar surface area (TPSA) is 103 Å². The molecule has 0 radical (unpaired) electrons. The summed E-state index contributed by atoms with van der Waals surface area (Å²) in [6.07, 6.45) is 4.32. The molecule has 3 aromatic heterocycles. The van der Waals surface area contributed by atoms with Gasteiger partial charge in [-0.3, -0.25) is 4.57 Å². The van der Waals surface area contributed by atoms with E-state index in [2.05, 4.69) is 19.9 Å². The van der Waals surface area contributed by atoms with Crippen molar-refractivity contribution in [2.45, 2.75) is 39.3 Å². The van der Waals surface area contributed by atoms with Gasteiger partial charge in [-0.2, -0.15) is 0 Å². The number of nitrogens with zero attached hydrogens (tertiary/aromatic N) is 6. The third kappa shape index (κ3) is 4.63. The molecule has 4 heterocycles. The maximum atomic E-state index is 12.7. The number of aromatic nitrogens is 4. The zero-order chi connectivity index (χ0) is 24.6. The summed E-state index contributed by atoms with van der Waals surface area (Å²) in [7, 11) is 1.33. The fourth-order valence-corrected chi connectivity index (χ4v) is 4.15. The van der Waals surface area contributed by atoms with E-state index in [1.807, 2.05) is 27.7 Å². The van der Waals surface area contributed by atoms with E-state index in [1.54, 1.807) is 34.0 Å². The highest BCUT2D eigenvalue weighted by Crippen LogP contribution is 2.33. The second-order valence-corrected chi connectivity index (χ2v) is 9.54. The number of hydrogen-bond acceptors (Lipinski definition) is 8. The Bertz CT molecular complexity index is 1240. The summed E-state index contributed by atoms with van der Waals surface area (Å²) in [6, 6.07) is 3.27. The first-order valence-electron chi connectivity index (χ1n) is 10.9. The highest BCUT2D eigenvalue weighted by atomic mass is 35.5. The average molecular weight is 487 g/mol. The van der Waals surface area contributed by atoms with Crippen LogP contribution in [0.5, 0.6) is 0 Å². The van der Waals surface area contributed by atoms with E-state index in [1.165, 1.54) is 13.4 Å². The van der Waals surface area contributed by atoms with E-state index in [-0.39, 0.29) is 12.1 Å². The van der Waals surface area contributed by atoms with Gasteiger partial charge in [0.2, 0.25) is 0 Å². The van der Waals surface area contributed by atoms with E-state index in [0.29, 0.717) is 52.9 Å². The van der Waals surface area contributed by atoms with Crippen molar-refractivity contribution in [3.63, 3.8) is 0 Å². The molecule has 0 aliphatic carbocycles. The number of rotatable bonds is 3. The monoisotopic (exact) mass is 486 g/mol. The Hall–Kier alpha value is -3.40. The van der Waals surface area contributed by atoms with Gasteiger partial charge in [0.05, 0.1) is 18.1 Å². The SMILES string of the molecule is COC(=O)c1cn(-c2cc(Cl)ccn2)c2ncnc(N3CCN(C(=O)OC(C)(C)C)CC3C)c12. The normalized spacial score (nSPS) is 16.6. The maximum Gasteiger partial charge on any atom is 0.410 e. The Morgan fingerprint density at radius 1 is 1.18 bits per heavy atom. The standard InChI is InChI=1S/C23H27ClN6O4/c1-14-11-28(22(32)34-23(2,3)4)8-9-29(14)19-18-16(21(31)33-5)12-30(20(18)27-13-26-19)17-10-15(24)6-7-25-17/h6-7,10,12-14H,8-9,11H2,1-5H3. The molecule has 1 amide bonds. The number of ether oxygens (including phenoxy) is 2. The Kier molecular flexibility index (Phi) is 6.35. The number of methoxy groups -OCH3 is 1. The van der Waals surface area contributed by atoms with Gasteiger partial charge in [0.15, 0.2) is 5.65 Å². The number of pyridine rings is 1. The molecule has 1 aliphatic heterocycles. The molecule has 0 saturated carbocycles. The van der Waals surface area contributed by atoms with Crippen LogP contribution >= 0.6 is 11.6 Å². The van der Waals surface area contributed by atoms with Crippen LogP contribution in [0.3, 0.4) is 0 Å². The molecule has 0 spiro atoms. The largest absolute Gasteiger partial charge is 0.465 e. The van der Waals surface area contributed by atoms with Gasteiger partial charge in [0.25, 0.3) is 0 Å². The molecule has 11 heteroatoms. The minimum atomic E-state index is -0.566. The molecule has 4 rings (SSSR count). The van der Waals surface area contributed by atoms with Gasteiger partial charge in [0.1, 0.15) is 23.6 Å². The van der Waals surface area contributed by atoms with E-state index in [0.717, 1.165) is 0 Å². The molecule has 3 aromatic rings. The third-order valence-corrected chi connectivity index (χ3v) is 5.71. The molecule has 1 aliphatic rings. The van der Waals surface area contributed by atoms with Crippen molar-refractivity contribution in [2.24, 2.45) is 0 Å². The lowest BCUT2D eigenvalue weighted by atomic mass is 10.1. The first-order chi connectivity index (χ1) is 16.1. The van der Waals surface area contributed by atoms with E-state index >= 15 is 0 Å². The van der Waals surface area contributed by atoms with Gasteiger partial charge >= 0.3 is 12.1 Å². The average Bonchev–Trinajstić information content (AvgIpc) is 3.17. The van der Waals surface area contributed by atoms with Gasteiger partial charge in [-0.1, -0.05) is 11.6 Å². The van der Waals surface area contributed by atoms with Gasteiger partial charge < -0.3 is 19.3 Å². The number of carbonyl (C=O) groups excluding carboxylic acids is 2. The van der Waals surface area contributed by atoms with Crippen LogP contribution in [-0.4, -0.2) is 74.9 Å². The van der Waals surface area contributed by atoms with Crippen molar-refractivity contribution in [2.75, 3.05) is 31.6 Å². The fraction of sp³-hybridized carbons (Fsp3) is 0.435. The molecule has 0 aromatic carbocycles. The van der Waals surface area contributed by atoms with E-state index in [9.17, 15) is 9.59 Å². The molecular weight excluding hydrogens is 460 g/mol. The number of hydrogen-bond donors (Lipinski definition) is 0. The van der Waals surface area contributed by atoms with Gasteiger partial charge in [0, 0.05) is 49.2 Å². The zero-order valence-corrected chi connectivity index (χ0v) is 20.5. The lowest BCUT2D eigenvalue weighted by Gasteiger charge is -2.41. The summed E-state index contributed by atoms with van der Waals surface area (Å²) >= 11 is 6.17. The summed E-state index contributed by atoms with van der Waals surface area (Å²) in [4.78, 5) is 42.3. The Balaban J connectivity index is 1.74. The number of piperazine rings is 1. The van der Waals surface area contributed by atoms with Crippen LogP contribution in [0.25, 0.3) is 16.9 Å². The molecule has 1 fully saturated rings. The van der Waals surface area contributed by atoms with Crippen LogP contribution in [0.1, 0.15) is 38.1 Å². The van der Waals surface area contributed by atoms with Crippen molar-refractivity contribution in [3.05, 3.63) is 41.4 Å². The summed E-state index contributed by atoms with van der Waals surface area (Å²) in [6.45, 7) is 8.94. The molecule has 0 N–H and O–H groups in total. The van der Waals surface area contributed by atoms with Crippen molar-refractivity contribution in [1.82, 2.24) is 24.4 Å². The first-order valence-corrected chi connectivity index (χ1v) is 11.3. The number of halogens is 1. The van der Waals surface area contributed by atoms with Crippen LogP contribution in [-0.2, 0) is 9.47 Å². The van der Waals surface area contributed by atoms with Crippen LogP contribution < -0.4 is 4.90 Å². The Labute approximate surface area is 202 Å². The molecule has 0 bridgehead atoms. The van der Waals surface area contributed by atoms with Gasteiger partial charge in [-0.25, -0.2) is 24.5 Å². The molecule has 10 nitrogen and oxygen atoms in total. The third-order valence-electron chi connectivity index (χ3n) is 5.47. The van der Waals surface area contributed by atoms with Crippen LogP contribution in [0.2, 0.25) is 5.02 Å². The predicted molar refractivity (Wildman–Crippen MR) is 128 cm³/mol. The number of anilines is 1. The van der Waals surface area contributed by atoms with Crippen molar-refractivity contribution >= 4 is 40.5 Å². The summed E-state index contributed by atoms with van der Waals surface area (Å²) < 4.78 is 12.3. The smallest absolute Gasteiger partial charge is 0.410 e. The second kappa shape index (κ2) is 9.09. The molecular formula is C23H27ClN6O4. The Morgan fingerprint density at radius 3 is 2.59 bits per heavy atom. The molecule has 1 saturated heterocycles.